The highest BCUT2D eigenvalue weighted by atomic mass is 14.7. The van der Waals surface area contributed by atoms with Crippen molar-refractivity contribution in [2.75, 3.05) is 6.54 Å². The zero-order chi connectivity index (χ0) is 9.97. The maximum atomic E-state index is 5.60. The molecular weight excluding hydrogens is 172 g/mol. The van der Waals surface area contributed by atoms with Gasteiger partial charge in [-0.2, -0.15) is 0 Å². The third-order valence-electron chi connectivity index (χ3n) is 2.71. The quantitative estimate of drug-likeness (QED) is 0.762. The number of H-pyrrole nitrogens is 1. The van der Waals surface area contributed by atoms with Gasteiger partial charge in [0.1, 0.15) is 0 Å². The Morgan fingerprint density at radius 1 is 1.29 bits per heavy atom. The largest absolute Gasteiger partial charge is 0.361 e. The lowest BCUT2D eigenvalue weighted by atomic mass is 9.99. The van der Waals surface area contributed by atoms with E-state index in [1.807, 2.05) is 6.20 Å². The fraction of sp³-hybridized carbons (Fsp3) is 0.333. The Labute approximate surface area is 84.1 Å². The SMILES string of the molecule is CCc1c(CCN)ccc2[nH]ccc12. The highest BCUT2D eigenvalue weighted by molar-refractivity contribution is 5.84. The Morgan fingerprint density at radius 2 is 2.14 bits per heavy atom. The van der Waals surface area contributed by atoms with Crippen molar-refractivity contribution in [3.63, 3.8) is 0 Å². The van der Waals surface area contributed by atoms with Crippen LogP contribution in [0.15, 0.2) is 24.4 Å². The first kappa shape index (κ1) is 9.28. The van der Waals surface area contributed by atoms with E-state index in [2.05, 4.69) is 30.1 Å². The summed E-state index contributed by atoms with van der Waals surface area (Å²) in [6.07, 6.45) is 4.05. The third-order valence-corrected chi connectivity index (χ3v) is 2.71. The Balaban J connectivity index is 2.60. The van der Waals surface area contributed by atoms with Gasteiger partial charge in [0.15, 0.2) is 0 Å². The average molecular weight is 188 g/mol. The molecule has 0 aliphatic carbocycles. The predicted molar refractivity (Wildman–Crippen MR) is 60.4 cm³/mol. The Morgan fingerprint density at radius 3 is 2.86 bits per heavy atom. The summed E-state index contributed by atoms with van der Waals surface area (Å²) in [4.78, 5) is 3.23. The highest BCUT2D eigenvalue weighted by Crippen LogP contribution is 2.22. The van der Waals surface area contributed by atoms with E-state index >= 15 is 0 Å². The van der Waals surface area contributed by atoms with Gasteiger partial charge in [0, 0.05) is 17.1 Å². The van der Waals surface area contributed by atoms with Gasteiger partial charge in [0.2, 0.25) is 0 Å². The molecule has 1 aromatic carbocycles. The van der Waals surface area contributed by atoms with Crippen LogP contribution in [0.2, 0.25) is 0 Å². The monoisotopic (exact) mass is 188 g/mol. The molecule has 2 aromatic rings. The summed E-state index contributed by atoms with van der Waals surface area (Å²) in [7, 11) is 0. The van der Waals surface area contributed by atoms with Crippen molar-refractivity contribution >= 4 is 10.9 Å². The molecule has 1 aromatic heterocycles. The average Bonchev–Trinajstić information content (AvgIpc) is 2.66. The van der Waals surface area contributed by atoms with E-state index < -0.39 is 0 Å². The van der Waals surface area contributed by atoms with Gasteiger partial charge in [-0.3, -0.25) is 0 Å². The summed E-state index contributed by atoms with van der Waals surface area (Å²) in [6, 6.07) is 6.47. The standard InChI is InChI=1S/C12H16N2/c1-2-10-9(5-7-13)3-4-12-11(10)6-8-14-12/h3-4,6,8,14H,2,5,7,13H2,1H3. The van der Waals surface area contributed by atoms with Crippen LogP contribution >= 0.6 is 0 Å². The number of aromatic amines is 1. The van der Waals surface area contributed by atoms with E-state index in [4.69, 9.17) is 5.73 Å². The first-order chi connectivity index (χ1) is 6.86. The van der Waals surface area contributed by atoms with Crippen molar-refractivity contribution in [3.8, 4) is 0 Å². The maximum Gasteiger partial charge on any atom is 0.0456 e. The number of fused-ring (bicyclic) bond motifs is 1. The molecule has 0 fully saturated rings. The van der Waals surface area contributed by atoms with Crippen LogP contribution in [0, 0.1) is 0 Å². The Bertz CT molecular complexity index is 429. The van der Waals surface area contributed by atoms with E-state index in [1.165, 1.54) is 22.0 Å². The van der Waals surface area contributed by atoms with Crippen molar-refractivity contribution in [2.24, 2.45) is 5.73 Å². The minimum absolute atomic E-state index is 0.725. The zero-order valence-corrected chi connectivity index (χ0v) is 8.51. The number of hydrogen-bond acceptors (Lipinski definition) is 1. The van der Waals surface area contributed by atoms with E-state index in [1.54, 1.807) is 0 Å². The van der Waals surface area contributed by atoms with Gasteiger partial charge in [-0.25, -0.2) is 0 Å². The minimum atomic E-state index is 0.725. The molecule has 3 N–H and O–H groups in total. The molecule has 2 nitrogen and oxygen atoms in total. The molecule has 0 saturated heterocycles. The molecular formula is C12H16N2. The number of aromatic nitrogens is 1. The van der Waals surface area contributed by atoms with Crippen LogP contribution in [0.5, 0.6) is 0 Å². The van der Waals surface area contributed by atoms with Crippen molar-refractivity contribution in [1.29, 1.82) is 0 Å². The summed E-state index contributed by atoms with van der Waals surface area (Å²) >= 11 is 0. The van der Waals surface area contributed by atoms with E-state index in [0.717, 1.165) is 19.4 Å². The summed E-state index contributed by atoms with van der Waals surface area (Å²) < 4.78 is 0. The first-order valence-corrected chi connectivity index (χ1v) is 5.14. The van der Waals surface area contributed by atoms with Crippen LogP contribution in [0.25, 0.3) is 10.9 Å². The van der Waals surface area contributed by atoms with Gasteiger partial charge >= 0.3 is 0 Å². The van der Waals surface area contributed by atoms with Gasteiger partial charge in [-0.1, -0.05) is 13.0 Å². The number of nitrogens with one attached hydrogen (secondary N) is 1. The molecule has 0 aliphatic heterocycles. The molecule has 0 atom stereocenters. The van der Waals surface area contributed by atoms with Crippen molar-refractivity contribution in [3.05, 3.63) is 35.5 Å². The highest BCUT2D eigenvalue weighted by Gasteiger charge is 2.05. The van der Waals surface area contributed by atoms with Crippen LogP contribution in [-0.4, -0.2) is 11.5 Å². The number of aryl methyl sites for hydroxylation is 1. The number of hydrogen-bond donors (Lipinski definition) is 2. The van der Waals surface area contributed by atoms with Crippen LogP contribution in [0.3, 0.4) is 0 Å². The second kappa shape index (κ2) is 3.84. The zero-order valence-electron chi connectivity index (χ0n) is 8.51. The lowest BCUT2D eigenvalue weighted by molar-refractivity contribution is 0.945. The maximum absolute atomic E-state index is 5.60. The fourth-order valence-electron chi connectivity index (χ4n) is 2.05. The number of nitrogens with two attached hydrogens (primary N) is 1. The summed E-state index contributed by atoms with van der Waals surface area (Å²) in [5.74, 6) is 0. The molecule has 14 heavy (non-hydrogen) atoms. The molecule has 0 bridgehead atoms. The molecule has 0 unspecified atom stereocenters. The molecule has 0 radical (unpaired) electrons. The Hall–Kier alpha value is -1.28. The van der Waals surface area contributed by atoms with Crippen LogP contribution in [-0.2, 0) is 12.8 Å². The second-order valence-electron chi connectivity index (χ2n) is 3.53. The normalized spacial score (nSPS) is 11.0. The number of benzene rings is 1. The molecule has 2 heteroatoms. The number of rotatable bonds is 3. The summed E-state index contributed by atoms with van der Waals surface area (Å²) in [5.41, 5.74) is 9.65. The van der Waals surface area contributed by atoms with Gasteiger partial charge < -0.3 is 10.7 Å². The molecule has 0 spiro atoms. The van der Waals surface area contributed by atoms with Crippen molar-refractivity contribution < 1.29 is 0 Å². The van der Waals surface area contributed by atoms with Crippen LogP contribution in [0.4, 0.5) is 0 Å². The van der Waals surface area contributed by atoms with E-state index in [9.17, 15) is 0 Å². The molecule has 0 amide bonds. The summed E-state index contributed by atoms with van der Waals surface area (Å²) in [5, 5.41) is 1.35. The molecule has 1 heterocycles. The molecule has 0 saturated carbocycles. The minimum Gasteiger partial charge on any atom is -0.361 e. The van der Waals surface area contributed by atoms with Gasteiger partial charge in [-0.05, 0) is 42.6 Å². The van der Waals surface area contributed by atoms with E-state index in [0.29, 0.717) is 0 Å². The molecule has 2 rings (SSSR count). The summed E-state index contributed by atoms with van der Waals surface area (Å²) in [6.45, 7) is 2.92. The molecule has 0 aliphatic rings. The van der Waals surface area contributed by atoms with Crippen molar-refractivity contribution in [1.82, 2.24) is 4.98 Å². The molecule has 74 valence electrons. The van der Waals surface area contributed by atoms with Gasteiger partial charge in [0.05, 0.1) is 0 Å². The first-order valence-electron chi connectivity index (χ1n) is 5.14. The van der Waals surface area contributed by atoms with Gasteiger partial charge in [0.25, 0.3) is 0 Å². The van der Waals surface area contributed by atoms with Gasteiger partial charge in [-0.15, -0.1) is 0 Å². The topological polar surface area (TPSA) is 41.8 Å². The predicted octanol–water partition coefficient (Wildman–Crippen LogP) is 2.23. The van der Waals surface area contributed by atoms with Crippen LogP contribution < -0.4 is 5.73 Å². The lowest BCUT2D eigenvalue weighted by Crippen LogP contribution is -2.05. The smallest absolute Gasteiger partial charge is 0.0456 e. The second-order valence-corrected chi connectivity index (χ2v) is 3.53. The fourth-order valence-corrected chi connectivity index (χ4v) is 2.05. The Kier molecular flexibility index (Phi) is 2.55. The lowest BCUT2D eigenvalue weighted by Gasteiger charge is -2.07. The third kappa shape index (κ3) is 1.42. The van der Waals surface area contributed by atoms with Crippen molar-refractivity contribution in [2.45, 2.75) is 19.8 Å². The van der Waals surface area contributed by atoms with Crippen LogP contribution in [0.1, 0.15) is 18.1 Å². The van der Waals surface area contributed by atoms with E-state index in [-0.39, 0.29) is 0 Å².